The Balaban J connectivity index is 2.71. The highest BCUT2D eigenvalue weighted by molar-refractivity contribution is 5.76. The summed E-state index contributed by atoms with van der Waals surface area (Å²) in [7, 11) is 0. The van der Waals surface area contributed by atoms with E-state index in [0.717, 1.165) is 23.8 Å². The fourth-order valence-corrected chi connectivity index (χ4v) is 3.06. The molecule has 2 N–H and O–H groups in total. The van der Waals surface area contributed by atoms with Gasteiger partial charge in [-0.3, -0.25) is 0 Å². The molecule has 2 rings (SSSR count). The van der Waals surface area contributed by atoms with Crippen LogP contribution in [0.3, 0.4) is 0 Å². The highest BCUT2D eigenvalue weighted by Gasteiger charge is 2.19. The normalized spacial score (nSPS) is 11.3. The SMILES string of the molecule is CCc1nc(-c2c(C)cc(C)cc2C)c(N)n1C(C)C. The summed E-state index contributed by atoms with van der Waals surface area (Å²) in [6.07, 6.45) is 0.895. The molecule has 1 aromatic carbocycles. The topological polar surface area (TPSA) is 43.8 Å². The Kier molecular flexibility index (Phi) is 3.89. The molecule has 0 saturated heterocycles. The van der Waals surface area contributed by atoms with Gasteiger partial charge in [-0.25, -0.2) is 4.98 Å². The van der Waals surface area contributed by atoms with Crippen molar-refractivity contribution in [2.75, 3.05) is 5.73 Å². The first-order valence-corrected chi connectivity index (χ1v) is 7.31. The van der Waals surface area contributed by atoms with Crippen molar-refractivity contribution in [2.45, 2.75) is 54.0 Å². The largest absolute Gasteiger partial charge is 0.383 e. The van der Waals surface area contributed by atoms with Crippen LogP contribution in [0.5, 0.6) is 0 Å². The van der Waals surface area contributed by atoms with Crippen molar-refractivity contribution >= 4 is 5.82 Å². The molecule has 1 aromatic heterocycles. The standard InChI is InChI=1S/C17H25N3/c1-7-14-19-16(17(18)20(14)10(2)3)15-12(5)8-11(4)9-13(15)6/h8-10H,7,18H2,1-6H3. The summed E-state index contributed by atoms with van der Waals surface area (Å²) in [4.78, 5) is 4.81. The van der Waals surface area contributed by atoms with E-state index in [-0.39, 0.29) is 0 Å². The average Bonchev–Trinajstić information content (AvgIpc) is 2.65. The molecule has 0 atom stereocenters. The van der Waals surface area contributed by atoms with Crippen molar-refractivity contribution in [3.05, 3.63) is 34.6 Å². The van der Waals surface area contributed by atoms with Gasteiger partial charge in [-0.2, -0.15) is 0 Å². The predicted molar refractivity (Wildman–Crippen MR) is 86.0 cm³/mol. The number of rotatable bonds is 3. The van der Waals surface area contributed by atoms with Crippen molar-refractivity contribution in [1.29, 1.82) is 0 Å². The number of nitrogen functional groups attached to an aromatic ring is 1. The lowest BCUT2D eigenvalue weighted by molar-refractivity contribution is 0.579. The Hall–Kier alpha value is -1.77. The van der Waals surface area contributed by atoms with Gasteiger partial charge in [-0.1, -0.05) is 24.6 Å². The number of anilines is 1. The number of hydrogen-bond donors (Lipinski definition) is 1. The van der Waals surface area contributed by atoms with E-state index in [1.54, 1.807) is 0 Å². The second-order valence-corrected chi connectivity index (χ2v) is 5.85. The zero-order valence-corrected chi connectivity index (χ0v) is 13.4. The Morgan fingerprint density at radius 2 is 1.70 bits per heavy atom. The van der Waals surface area contributed by atoms with Crippen molar-refractivity contribution in [2.24, 2.45) is 0 Å². The summed E-state index contributed by atoms with van der Waals surface area (Å²) in [5, 5.41) is 0. The Labute approximate surface area is 121 Å². The first-order chi connectivity index (χ1) is 9.36. The molecule has 20 heavy (non-hydrogen) atoms. The quantitative estimate of drug-likeness (QED) is 0.909. The minimum atomic E-state index is 0.331. The number of imidazole rings is 1. The van der Waals surface area contributed by atoms with Gasteiger partial charge >= 0.3 is 0 Å². The highest BCUT2D eigenvalue weighted by atomic mass is 15.2. The lowest BCUT2D eigenvalue weighted by Crippen LogP contribution is -2.09. The zero-order valence-electron chi connectivity index (χ0n) is 13.4. The molecule has 108 valence electrons. The molecule has 0 aliphatic carbocycles. The number of nitrogens with two attached hydrogens (primary N) is 1. The first kappa shape index (κ1) is 14.6. The van der Waals surface area contributed by atoms with Crippen LogP contribution in [-0.4, -0.2) is 9.55 Å². The summed E-state index contributed by atoms with van der Waals surface area (Å²) in [6, 6.07) is 4.72. The first-order valence-electron chi connectivity index (χ1n) is 7.31. The molecule has 0 aliphatic heterocycles. The second-order valence-electron chi connectivity index (χ2n) is 5.85. The smallest absolute Gasteiger partial charge is 0.131 e. The van der Waals surface area contributed by atoms with Crippen LogP contribution in [0.2, 0.25) is 0 Å². The van der Waals surface area contributed by atoms with Gasteiger partial charge < -0.3 is 10.3 Å². The average molecular weight is 271 g/mol. The molecule has 0 aliphatic rings. The number of aromatic nitrogens is 2. The Morgan fingerprint density at radius 3 is 2.10 bits per heavy atom. The molecule has 0 spiro atoms. The van der Waals surface area contributed by atoms with Crippen LogP contribution in [0.15, 0.2) is 12.1 Å². The number of benzene rings is 1. The van der Waals surface area contributed by atoms with Gasteiger partial charge in [0.1, 0.15) is 17.3 Å². The van der Waals surface area contributed by atoms with Crippen LogP contribution in [-0.2, 0) is 6.42 Å². The Morgan fingerprint density at radius 1 is 1.15 bits per heavy atom. The van der Waals surface area contributed by atoms with E-state index in [2.05, 4.69) is 58.2 Å². The molecule has 0 unspecified atom stereocenters. The zero-order chi connectivity index (χ0) is 15.0. The molecule has 1 heterocycles. The van der Waals surface area contributed by atoms with Gasteiger partial charge in [0.05, 0.1) is 0 Å². The molecule has 2 aromatic rings. The van der Waals surface area contributed by atoms with Gasteiger partial charge in [0.25, 0.3) is 0 Å². The maximum Gasteiger partial charge on any atom is 0.131 e. The summed E-state index contributed by atoms with van der Waals surface area (Å²) >= 11 is 0. The van der Waals surface area contributed by atoms with Crippen LogP contribution >= 0.6 is 0 Å². The summed E-state index contributed by atoms with van der Waals surface area (Å²) < 4.78 is 2.15. The lowest BCUT2D eigenvalue weighted by atomic mass is 9.97. The van der Waals surface area contributed by atoms with Crippen molar-refractivity contribution in [1.82, 2.24) is 9.55 Å². The number of aryl methyl sites for hydroxylation is 4. The summed E-state index contributed by atoms with van der Waals surface area (Å²) in [5.74, 6) is 1.85. The minimum Gasteiger partial charge on any atom is -0.383 e. The Bertz CT molecular complexity index is 613. The number of hydrogen-bond acceptors (Lipinski definition) is 2. The van der Waals surface area contributed by atoms with E-state index in [9.17, 15) is 0 Å². The highest BCUT2D eigenvalue weighted by Crippen LogP contribution is 2.34. The molecule has 3 nitrogen and oxygen atoms in total. The molecular weight excluding hydrogens is 246 g/mol. The molecule has 0 amide bonds. The van der Waals surface area contributed by atoms with E-state index in [1.807, 2.05) is 0 Å². The molecule has 3 heteroatoms. The predicted octanol–water partition coefficient (Wildman–Crippen LogP) is 4.20. The third kappa shape index (κ3) is 2.33. The third-order valence-electron chi connectivity index (χ3n) is 3.77. The van der Waals surface area contributed by atoms with Gasteiger partial charge in [0.2, 0.25) is 0 Å². The molecule has 0 fully saturated rings. The second kappa shape index (κ2) is 5.31. The maximum absolute atomic E-state index is 6.39. The van der Waals surface area contributed by atoms with E-state index in [1.165, 1.54) is 22.3 Å². The molecule has 0 bridgehead atoms. The fraction of sp³-hybridized carbons (Fsp3) is 0.471. The van der Waals surface area contributed by atoms with Gasteiger partial charge in [0, 0.05) is 18.0 Å². The van der Waals surface area contributed by atoms with Gasteiger partial charge in [-0.15, -0.1) is 0 Å². The van der Waals surface area contributed by atoms with Gasteiger partial charge in [0.15, 0.2) is 0 Å². The third-order valence-corrected chi connectivity index (χ3v) is 3.77. The monoisotopic (exact) mass is 271 g/mol. The van der Waals surface area contributed by atoms with Crippen molar-refractivity contribution in [3.63, 3.8) is 0 Å². The summed E-state index contributed by atoms with van der Waals surface area (Å²) in [5.41, 5.74) is 12.3. The fourth-order valence-electron chi connectivity index (χ4n) is 3.06. The minimum absolute atomic E-state index is 0.331. The van der Waals surface area contributed by atoms with Crippen LogP contribution in [0, 0.1) is 20.8 Å². The van der Waals surface area contributed by atoms with Gasteiger partial charge in [-0.05, 0) is 45.7 Å². The van der Waals surface area contributed by atoms with Crippen molar-refractivity contribution < 1.29 is 0 Å². The maximum atomic E-state index is 6.39. The molecule has 0 saturated carbocycles. The van der Waals surface area contributed by atoms with E-state index >= 15 is 0 Å². The van der Waals surface area contributed by atoms with E-state index in [4.69, 9.17) is 10.7 Å². The van der Waals surface area contributed by atoms with Crippen LogP contribution in [0.1, 0.15) is 49.3 Å². The lowest BCUT2D eigenvalue weighted by Gasteiger charge is -2.14. The summed E-state index contributed by atoms with van der Waals surface area (Å²) in [6.45, 7) is 12.8. The van der Waals surface area contributed by atoms with Crippen LogP contribution in [0.4, 0.5) is 5.82 Å². The molecular formula is C17H25N3. The van der Waals surface area contributed by atoms with Crippen molar-refractivity contribution in [3.8, 4) is 11.3 Å². The number of nitrogens with zero attached hydrogens (tertiary/aromatic N) is 2. The molecule has 0 radical (unpaired) electrons. The van der Waals surface area contributed by atoms with Crippen LogP contribution in [0.25, 0.3) is 11.3 Å². The van der Waals surface area contributed by atoms with E-state index in [0.29, 0.717) is 6.04 Å². The van der Waals surface area contributed by atoms with E-state index < -0.39 is 0 Å². The van der Waals surface area contributed by atoms with Crippen LogP contribution < -0.4 is 5.73 Å².